The smallest absolute Gasteiger partial charge is 0.565 e. The van der Waals surface area contributed by atoms with Gasteiger partial charge in [-0.2, -0.15) is 0 Å². The van der Waals surface area contributed by atoms with Gasteiger partial charge < -0.3 is 15.0 Å². The van der Waals surface area contributed by atoms with E-state index in [0.717, 1.165) is 0 Å². The molecule has 0 amide bonds. The maximum atomic E-state index is 8.44. The molecule has 0 aliphatic heterocycles. The standard InChI is InChI=1S/CH2O3.Cl5P.Na/c2-1(3)4;1-6(2,3,4)5;/h(H2,2,3,4);;/q;;+1/p-1. The fraction of sp³-hybridized carbons (Fsp3) is 0. The van der Waals surface area contributed by atoms with Crippen LogP contribution in [0, 0.1) is 0 Å². The molecule has 0 radical (unpaired) electrons. The molecule has 0 aromatic rings. The molecular formula is CHCl5NaO3P. The van der Waals surface area contributed by atoms with Crippen molar-refractivity contribution in [1.29, 1.82) is 0 Å². The van der Waals surface area contributed by atoms with Gasteiger partial charge in [-0.25, -0.2) is 0 Å². The Balaban J connectivity index is -0.000000114. The van der Waals surface area contributed by atoms with E-state index in [4.69, 9.17) is 71.2 Å². The summed E-state index contributed by atoms with van der Waals surface area (Å²) in [6.07, 6.45) is -2.08. The maximum absolute atomic E-state index is 8.44. The van der Waals surface area contributed by atoms with Gasteiger partial charge in [0, 0.05) is 0 Å². The van der Waals surface area contributed by atoms with Gasteiger partial charge in [-0.1, -0.05) is 0 Å². The Morgan fingerprint density at radius 1 is 1.18 bits per heavy atom. The summed E-state index contributed by atoms with van der Waals surface area (Å²) in [5, 5.41) is 15.3. The van der Waals surface area contributed by atoms with Crippen molar-refractivity contribution in [1.82, 2.24) is 0 Å². The second kappa shape index (κ2) is 6.58. The van der Waals surface area contributed by atoms with E-state index in [1.54, 1.807) is 0 Å². The van der Waals surface area contributed by atoms with E-state index in [9.17, 15) is 0 Å². The first-order valence-corrected chi connectivity index (χ1v) is 8.24. The van der Waals surface area contributed by atoms with Crippen molar-refractivity contribution in [3.63, 3.8) is 0 Å². The third-order valence-corrected chi connectivity index (χ3v) is 0. The SMILES string of the molecule is ClP(Cl)(Cl)(Cl)Cl.O=C([O-])O.[Na+]. The third kappa shape index (κ3) is 271. The molecule has 0 bridgehead atoms. The van der Waals surface area contributed by atoms with Crippen molar-refractivity contribution in [2.24, 2.45) is 0 Å². The van der Waals surface area contributed by atoms with Crippen LogP contribution in [0.15, 0.2) is 0 Å². The second-order valence-electron chi connectivity index (χ2n) is 0.905. The van der Waals surface area contributed by atoms with Crippen molar-refractivity contribution in [3.05, 3.63) is 0 Å². The first kappa shape index (κ1) is 18.8. The molecule has 0 aliphatic carbocycles. The minimum Gasteiger partial charge on any atom is -0.565 e. The zero-order valence-electron chi connectivity index (χ0n) is 5.10. The average molecular weight is 292 g/mol. The number of carboxylic acid groups (broad SMARTS) is 2. The first-order valence-electron chi connectivity index (χ1n) is 1.48. The van der Waals surface area contributed by atoms with Crippen LogP contribution in [-0.4, -0.2) is 11.3 Å². The van der Waals surface area contributed by atoms with Gasteiger partial charge in [-0.05, 0) is 0 Å². The van der Waals surface area contributed by atoms with Crippen LogP contribution in [0.5, 0.6) is 0 Å². The molecule has 0 unspecified atom stereocenters. The average Bonchev–Trinajstić information content (AvgIpc) is 1.14. The molecule has 10 heteroatoms. The Morgan fingerprint density at radius 3 is 1.18 bits per heavy atom. The molecule has 0 aromatic carbocycles. The van der Waals surface area contributed by atoms with Gasteiger partial charge in [-0.15, -0.1) is 0 Å². The summed E-state index contributed by atoms with van der Waals surface area (Å²) in [5.41, 5.74) is 0. The van der Waals surface area contributed by atoms with Crippen LogP contribution in [0.4, 0.5) is 4.79 Å². The molecule has 11 heavy (non-hydrogen) atoms. The van der Waals surface area contributed by atoms with Crippen molar-refractivity contribution >= 4 is 65.7 Å². The molecule has 0 aromatic heterocycles. The fourth-order valence-corrected chi connectivity index (χ4v) is 0. The molecule has 0 spiro atoms. The van der Waals surface area contributed by atoms with Gasteiger partial charge in [0.1, 0.15) is 0 Å². The molecule has 64 valence electrons. The fourth-order valence-electron chi connectivity index (χ4n) is 0. The van der Waals surface area contributed by atoms with Crippen molar-refractivity contribution in [2.75, 3.05) is 0 Å². The number of halogens is 5. The predicted octanol–water partition coefficient (Wildman–Crippen LogP) is 0.200. The van der Waals surface area contributed by atoms with Crippen LogP contribution >= 0.6 is 59.6 Å². The van der Waals surface area contributed by atoms with Gasteiger partial charge >= 0.3 is 89.1 Å². The summed E-state index contributed by atoms with van der Waals surface area (Å²) >= 11 is 24.9. The minimum absolute atomic E-state index is 0. The number of carbonyl (C=O) groups is 1. The Morgan fingerprint density at radius 2 is 1.18 bits per heavy atom. The molecule has 0 heterocycles. The Hall–Kier alpha value is 2.15. The van der Waals surface area contributed by atoms with E-state index >= 15 is 0 Å². The quantitative estimate of drug-likeness (QED) is 0.512. The largest absolute Gasteiger partial charge is 1.00 e. The van der Waals surface area contributed by atoms with E-state index in [1.807, 2.05) is 0 Å². The van der Waals surface area contributed by atoms with Gasteiger partial charge in [0.2, 0.25) is 6.16 Å². The van der Waals surface area contributed by atoms with Gasteiger partial charge in [0.05, 0.1) is 0 Å². The molecule has 3 nitrogen and oxygen atoms in total. The summed E-state index contributed by atoms with van der Waals surface area (Å²) in [6, 6.07) is 0. The van der Waals surface area contributed by atoms with Crippen molar-refractivity contribution < 1.29 is 44.6 Å². The molecule has 0 saturated carbocycles. The molecule has 1 N–H and O–H groups in total. The summed E-state index contributed by atoms with van der Waals surface area (Å²) in [6.45, 7) is 0. The first-order chi connectivity index (χ1) is 3.97. The van der Waals surface area contributed by atoms with Crippen LogP contribution in [0.25, 0.3) is 0 Å². The van der Waals surface area contributed by atoms with E-state index in [1.165, 1.54) is 0 Å². The van der Waals surface area contributed by atoms with Crippen molar-refractivity contribution in [2.45, 2.75) is 0 Å². The zero-order valence-corrected chi connectivity index (χ0v) is 11.8. The summed E-state index contributed by atoms with van der Waals surface area (Å²) in [7, 11) is 0. The Bertz CT molecular complexity index is 108. The summed E-state index contributed by atoms with van der Waals surface area (Å²) in [4.78, 5) is 8.44. The molecule has 0 fully saturated rings. The van der Waals surface area contributed by atoms with Gasteiger partial charge in [-0.3, -0.25) is 0 Å². The van der Waals surface area contributed by atoms with Crippen LogP contribution in [0.2, 0.25) is 0 Å². The monoisotopic (exact) mass is 290 g/mol. The number of rotatable bonds is 0. The molecule has 0 atom stereocenters. The van der Waals surface area contributed by atoms with Crippen LogP contribution in [-0.2, 0) is 0 Å². The Labute approximate surface area is 109 Å². The van der Waals surface area contributed by atoms with Crippen LogP contribution in [0.3, 0.4) is 0 Å². The molecule has 0 rings (SSSR count). The minimum atomic E-state index is -3.69. The normalized spacial score (nSPS) is 12.6. The summed E-state index contributed by atoms with van der Waals surface area (Å²) in [5.74, 6) is 0. The molecule has 0 saturated heterocycles. The predicted molar refractivity (Wildman–Crippen MR) is 44.2 cm³/mol. The molecule has 0 aliphatic rings. The summed E-state index contributed by atoms with van der Waals surface area (Å²) < 4.78 is -3.69. The topological polar surface area (TPSA) is 60.4 Å². The zero-order chi connectivity index (χ0) is 9.02. The maximum Gasteiger partial charge on any atom is 1.00 e. The van der Waals surface area contributed by atoms with E-state index in [2.05, 4.69) is 0 Å². The van der Waals surface area contributed by atoms with E-state index < -0.39 is 9.52 Å². The third-order valence-electron chi connectivity index (χ3n) is 0. The van der Waals surface area contributed by atoms with Gasteiger partial charge in [0.25, 0.3) is 0 Å². The van der Waals surface area contributed by atoms with Gasteiger partial charge in [0.15, 0.2) is 0 Å². The number of hydrogen-bond donors (Lipinski definition) is 1. The number of hydrogen-bond acceptors (Lipinski definition) is 2. The van der Waals surface area contributed by atoms with Crippen LogP contribution in [0.1, 0.15) is 0 Å². The van der Waals surface area contributed by atoms with E-state index in [-0.39, 0.29) is 29.6 Å². The molecular weight excluding hydrogens is 291 g/mol. The van der Waals surface area contributed by atoms with Crippen LogP contribution < -0.4 is 34.7 Å². The Kier molecular flexibility index (Phi) is 11.3. The van der Waals surface area contributed by atoms with Crippen molar-refractivity contribution in [3.8, 4) is 0 Å². The van der Waals surface area contributed by atoms with E-state index in [0.29, 0.717) is 0 Å². The second-order valence-corrected chi connectivity index (χ2v) is 17.5.